The van der Waals surface area contributed by atoms with Crippen LogP contribution in [0.25, 0.3) is 11.1 Å². The summed E-state index contributed by atoms with van der Waals surface area (Å²) >= 11 is 0. The Bertz CT molecular complexity index is 1550. The molecule has 1 aliphatic rings. The van der Waals surface area contributed by atoms with E-state index in [1.165, 1.54) is 15.8 Å². The van der Waals surface area contributed by atoms with E-state index in [1.54, 1.807) is 42.7 Å². The molecule has 216 valence electrons. The summed E-state index contributed by atoms with van der Waals surface area (Å²) in [7, 11) is -3.54. The number of aromatic nitrogens is 1. The third-order valence-electron chi connectivity index (χ3n) is 6.24. The van der Waals surface area contributed by atoms with Gasteiger partial charge in [-0.05, 0) is 53.4 Å². The van der Waals surface area contributed by atoms with Crippen molar-refractivity contribution in [2.75, 3.05) is 23.4 Å². The molecule has 1 unspecified atom stereocenters. The third kappa shape index (κ3) is 7.57. The Morgan fingerprint density at radius 1 is 1.00 bits per heavy atom. The number of halogens is 4. The van der Waals surface area contributed by atoms with Crippen molar-refractivity contribution in [1.82, 2.24) is 20.7 Å². The van der Waals surface area contributed by atoms with E-state index in [0.29, 0.717) is 5.69 Å². The first kappa shape index (κ1) is 29.5. The Hall–Kier alpha value is -4.53. The number of sulfone groups is 1. The minimum Gasteiger partial charge on any atom is -0.319 e. The lowest BCUT2D eigenvalue weighted by atomic mass is 10.0. The summed E-state index contributed by atoms with van der Waals surface area (Å²) in [5, 5.41) is 2.72. The molecule has 15 heteroatoms. The molecule has 41 heavy (non-hydrogen) atoms. The van der Waals surface area contributed by atoms with Crippen LogP contribution in [0.4, 0.5) is 28.0 Å². The molecule has 1 atom stereocenters. The molecule has 3 aromatic rings. The first-order chi connectivity index (χ1) is 19.3. The summed E-state index contributed by atoms with van der Waals surface area (Å²) in [4.78, 5) is 41.4. The lowest BCUT2D eigenvalue weighted by Gasteiger charge is -2.35. The van der Waals surface area contributed by atoms with E-state index in [2.05, 4.69) is 10.3 Å². The van der Waals surface area contributed by atoms with E-state index in [9.17, 15) is 40.4 Å². The number of benzene rings is 2. The Balaban J connectivity index is 1.44. The summed E-state index contributed by atoms with van der Waals surface area (Å²) in [6.07, 6.45) is -2.11. The zero-order valence-corrected chi connectivity index (χ0v) is 21.9. The van der Waals surface area contributed by atoms with Crippen molar-refractivity contribution in [2.45, 2.75) is 18.6 Å². The lowest BCUT2D eigenvalue weighted by molar-refractivity contribution is -0.174. The zero-order chi connectivity index (χ0) is 29.8. The van der Waals surface area contributed by atoms with Crippen molar-refractivity contribution in [2.24, 2.45) is 0 Å². The second-order valence-corrected chi connectivity index (χ2v) is 11.4. The van der Waals surface area contributed by atoms with Gasteiger partial charge in [-0.2, -0.15) is 13.2 Å². The lowest BCUT2D eigenvalue weighted by Crippen LogP contribution is -2.53. The van der Waals surface area contributed by atoms with Gasteiger partial charge in [0.25, 0.3) is 5.91 Å². The molecular weight excluding hydrogens is 570 g/mol. The molecule has 3 N–H and O–H groups in total. The van der Waals surface area contributed by atoms with Crippen LogP contribution in [0.15, 0.2) is 67.0 Å². The van der Waals surface area contributed by atoms with Gasteiger partial charge in [0.2, 0.25) is 0 Å². The molecule has 0 bridgehead atoms. The van der Waals surface area contributed by atoms with Crippen LogP contribution in [-0.4, -0.2) is 66.4 Å². The molecule has 1 aliphatic heterocycles. The molecule has 4 amide bonds. The highest BCUT2D eigenvalue weighted by molar-refractivity contribution is 7.91. The van der Waals surface area contributed by atoms with Gasteiger partial charge in [-0.3, -0.25) is 25.4 Å². The Morgan fingerprint density at radius 2 is 1.73 bits per heavy atom. The second-order valence-electron chi connectivity index (χ2n) is 9.13. The average molecular weight is 594 g/mol. The first-order valence-corrected chi connectivity index (χ1v) is 13.9. The number of amides is 4. The van der Waals surface area contributed by atoms with Gasteiger partial charge in [-0.25, -0.2) is 17.6 Å². The van der Waals surface area contributed by atoms with E-state index >= 15 is 0 Å². The van der Waals surface area contributed by atoms with E-state index in [4.69, 9.17) is 0 Å². The summed E-state index contributed by atoms with van der Waals surface area (Å²) in [6, 6.07) is 12.0. The minimum atomic E-state index is -5.23. The van der Waals surface area contributed by atoms with Gasteiger partial charge < -0.3 is 10.2 Å². The summed E-state index contributed by atoms with van der Waals surface area (Å²) < 4.78 is 76.4. The predicted molar refractivity (Wildman–Crippen MR) is 140 cm³/mol. The number of nitrogens with one attached hydrogen (secondary N) is 3. The van der Waals surface area contributed by atoms with Crippen LogP contribution in [0.1, 0.15) is 15.9 Å². The number of hydrogen-bond donors (Lipinski definition) is 3. The summed E-state index contributed by atoms with van der Waals surface area (Å²) in [6.45, 7) is -0.131. The number of rotatable bonds is 5. The first-order valence-electron chi connectivity index (χ1n) is 12.1. The van der Waals surface area contributed by atoms with Gasteiger partial charge >= 0.3 is 18.1 Å². The molecule has 1 fully saturated rings. The number of anilines is 1. The van der Waals surface area contributed by atoms with Gasteiger partial charge in [-0.1, -0.05) is 24.3 Å². The number of carbonyl (C=O) groups excluding carboxylic acids is 3. The maximum Gasteiger partial charge on any atom is 0.472 e. The van der Waals surface area contributed by atoms with Crippen LogP contribution in [0, 0.1) is 5.82 Å². The standard InChI is InChI=1S/C26H23F4N5O5S/c27-22-13-18(23(36)33-34-24(37)26(28,29)30)4-3-17(22)12-21-15-41(39,40)11-10-35(21)25(38)32-20-7-5-16(6-8-20)19-2-1-9-31-14-19/h1-9,13-14,21H,10-12,15H2,(H,32,38)(H,33,36)(H,34,37). The number of urea groups is 1. The number of alkyl halides is 3. The number of pyridine rings is 1. The molecule has 10 nitrogen and oxygen atoms in total. The van der Waals surface area contributed by atoms with Crippen LogP contribution < -0.4 is 16.2 Å². The molecule has 1 saturated heterocycles. The smallest absolute Gasteiger partial charge is 0.319 e. The largest absolute Gasteiger partial charge is 0.472 e. The fourth-order valence-corrected chi connectivity index (χ4v) is 5.69. The summed E-state index contributed by atoms with van der Waals surface area (Å²) in [5.41, 5.74) is 4.49. The van der Waals surface area contributed by atoms with Crippen LogP contribution in [0.2, 0.25) is 0 Å². The fraction of sp³-hybridized carbons (Fsp3) is 0.231. The fourth-order valence-electron chi connectivity index (χ4n) is 4.16. The highest BCUT2D eigenvalue weighted by Crippen LogP contribution is 2.23. The van der Waals surface area contributed by atoms with E-state index in [0.717, 1.165) is 29.3 Å². The number of hydrogen-bond acceptors (Lipinski definition) is 6. The van der Waals surface area contributed by atoms with Gasteiger partial charge in [0.15, 0.2) is 9.84 Å². The third-order valence-corrected chi connectivity index (χ3v) is 7.94. The normalized spacial score (nSPS) is 16.5. The van der Waals surface area contributed by atoms with Crippen molar-refractivity contribution < 1.29 is 40.4 Å². The van der Waals surface area contributed by atoms with Crippen LogP contribution in [0.5, 0.6) is 0 Å². The summed E-state index contributed by atoms with van der Waals surface area (Å²) in [5.74, 6) is -5.27. The quantitative estimate of drug-likeness (QED) is 0.307. The number of carbonyl (C=O) groups is 3. The Labute approximate surface area is 231 Å². The molecule has 0 aliphatic carbocycles. The maximum atomic E-state index is 14.9. The van der Waals surface area contributed by atoms with Crippen LogP contribution >= 0.6 is 0 Å². The zero-order valence-electron chi connectivity index (χ0n) is 21.1. The van der Waals surface area contributed by atoms with E-state index in [1.807, 2.05) is 6.07 Å². The Morgan fingerprint density at radius 3 is 2.37 bits per heavy atom. The van der Waals surface area contributed by atoms with Gasteiger partial charge in [-0.15, -0.1) is 0 Å². The molecule has 0 saturated carbocycles. The van der Waals surface area contributed by atoms with Crippen molar-refractivity contribution in [3.8, 4) is 11.1 Å². The number of hydrazine groups is 1. The highest BCUT2D eigenvalue weighted by Gasteiger charge is 2.39. The van der Waals surface area contributed by atoms with Crippen molar-refractivity contribution in [3.63, 3.8) is 0 Å². The predicted octanol–water partition coefficient (Wildman–Crippen LogP) is 3.08. The maximum absolute atomic E-state index is 14.9. The molecule has 2 aromatic carbocycles. The van der Waals surface area contributed by atoms with Crippen LogP contribution in [-0.2, 0) is 21.1 Å². The molecule has 0 spiro atoms. The van der Waals surface area contributed by atoms with Crippen LogP contribution in [0.3, 0.4) is 0 Å². The molecule has 2 heterocycles. The van der Waals surface area contributed by atoms with Gasteiger partial charge in [0, 0.05) is 30.2 Å². The van der Waals surface area contributed by atoms with Crippen molar-refractivity contribution in [1.29, 1.82) is 0 Å². The minimum absolute atomic E-state index is 0.0263. The van der Waals surface area contributed by atoms with E-state index in [-0.39, 0.29) is 24.3 Å². The number of nitrogens with zero attached hydrogens (tertiary/aromatic N) is 2. The van der Waals surface area contributed by atoms with Gasteiger partial charge in [0.1, 0.15) is 5.82 Å². The Kier molecular flexibility index (Phi) is 8.56. The molecule has 1 aromatic heterocycles. The van der Waals surface area contributed by atoms with Gasteiger partial charge in [0.05, 0.1) is 17.5 Å². The average Bonchev–Trinajstić information content (AvgIpc) is 2.92. The van der Waals surface area contributed by atoms with E-state index < -0.39 is 57.0 Å². The van der Waals surface area contributed by atoms with Crippen molar-refractivity contribution in [3.05, 3.63) is 83.9 Å². The molecule has 0 radical (unpaired) electrons. The monoisotopic (exact) mass is 593 g/mol. The SMILES string of the molecule is O=C(NNC(=O)C(F)(F)F)c1ccc(CC2CS(=O)(=O)CCN2C(=O)Nc2ccc(-c3cccnc3)cc2)c(F)c1. The second kappa shape index (κ2) is 11.9. The van der Waals surface area contributed by atoms with Crippen molar-refractivity contribution >= 4 is 33.4 Å². The highest BCUT2D eigenvalue weighted by atomic mass is 32.2. The topological polar surface area (TPSA) is 138 Å². The molecular formula is C26H23F4N5O5S. The molecule has 4 rings (SSSR count).